The van der Waals surface area contributed by atoms with Crippen molar-refractivity contribution < 1.29 is 4.79 Å². The quantitative estimate of drug-likeness (QED) is 0.919. The summed E-state index contributed by atoms with van der Waals surface area (Å²) in [5.41, 5.74) is 1.14. The fourth-order valence-corrected chi connectivity index (χ4v) is 2.34. The number of amides is 1. The van der Waals surface area contributed by atoms with Gasteiger partial charge >= 0.3 is 0 Å². The summed E-state index contributed by atoms with van der Waals surface area (Å²) in [6, 6.07) is 3.94. The minimum Gasteiger partial charge on any atom is -0.337 e. The summed E-state index contributed by atoms with van der Waals surface area (Å²) in [6.07, 6.45) is 6.83. The van der Waals surface area contributed by atoms with Crippen LogP contribution in [0.1, 0.15) is 31.7 Å². The second-order valence-electron chi connectivity index (χ2n) is 4.71. The van der Waals surface area contributed by atoms with Gasteiger partial charge in [-0.25, -0.2) is 0 Å². The van der Waals surface area contributed by atoms with Gasteiger partial charge in [-0.15, -0.1) is 12.4 Å². The number of piperidine rings is 1. The lowest BCUT2D eigenvalue weighted by atomic mass is 10.0. The molecule has 1 amide bonds. The first-order valence-electron chi connectivity index (χ1n) is 6.72. The first kappa shape index (κ1) is 15.9. The average Bonchev–Trinajstić information content (AvgIpc) is 2.46. The van der Waals surface area contributed by atoms with Crippen molar-refractivity contribution in [2.75, 3.05) is 13.1 Å². The van der Waals surface area contributed by atoms with Gasteiger partial charge in [-0.3, -0.25) is 9.78 Å². The van der Waals surface area contributed by atoms with E-state index in [0.717, 1.165) is 31.5 Å². The number of carbonyl (C=O) groups excluding carboxylic acids is 1. The monoisotopic (exact) mass is 283 g/mol. The van der Waals surface area contributed by atoms with Crippen molar-refractivity contribution in [1.82, 2.24) is 15.2 Å². The standard InChI is InChI=1S/C14H21N3O.ClH/c1-2-17(11-12-6-9-15-10-7-12)14(18)13-5-3-4-8-16-13;/h6-7,9-10,13,16H,2-5,8,11H2,1H3;1H/t13-;/m1./s1. The third-order valence-electron chi connectivity index (χ3n) is 3.42. The molecule has 0 saturated carbocycles. The van der Waals surface area contributed by atoms with Gasteiger partial charge < -0.3 is 10.2 Å². The van der Waals surface area contributed by atoms with E-state index in [4.69, 9.17) is 0 Å². The number of nitrogens with zero attached hydrogens (tertiary/aromatic N) is 2. The van der Waals surface area contributed by atoms with Crippen molar-refractivity contribution in [2.45, 2.75) is 38.8 Å². The van der Waals surface area contributed by atoms with Crippen LogP contribution in [0.4, 0.5) is 0 Å². The third kappa shape index (κ3) is 4.48. The molecule has 1 fully saturated rings. The average molecular weight is 284 g/mol. The molecule has 1 aromatic rings. The highest BCUT2D eigenvalue weighted by molar-refractivity contribution is 5.85. The van der Waals surface area contributed by atoms with Crippen molar-refractivity contribution in [2.24, 2.45) is 0 Å². The maximum Gasteiger partial charge on any atom is 0.239 e. The van der Waals surface area contributed by atoms with Crippen molar-refractivity contribution >= 4 is 18.3 Å². The van der Waals surface area contributed by atoms with E-state index in [0.29, 0.717) is 6.54 Å². The van der Waals surface area contributed by atoms with E-state index in [1.807, 2.05) is 24.0 Å². The Morgan fingerprint density at radius 3 is 2.74 bits per heavy atom. The zero-order valence-electron chi connectivity index (χ0n) is 11.3. The van der Waals surface area contributed by atoms with Crippen LogP contribution in [-0.4, -0.2) is 34.9 Å². The highest BCUT2D eigenvalue weighted by Gasteiger charge is 2.24. The number of hydrogen-bond acceptors (Lipinski definition) is 3. The molecule has 19 heavy (non-hydrogen) atoms. The van der Waals surface area contributed by atoms with Crippen LogP contribution in [0.5, 0.6) is 0 Å². The number of rotatable bonds is 4. The van der Waals surface area contributed by atoms with Crippen LogP contribution in [0, 0.1) is 0 Å². The van der Waals surface area contributed by atoms with Gasteiger partial charge in [-0.1, -0.05) is 6.42 Å². The van der Waals surface area contributed by atoms with Crippen LogP contribution in [0.15, 0.2) is 24.5 Å². The predicted molar refractivity (Wildman–Crippen MR) is 78.2 cm³/mol. The fraction of sp³-hybridized carbons (Fsp3) is 0.571. The first-order valence-corrected chi connectivity index (χ1v) is 6.72. The minimum absolute atomic E-state index is 0. The van der Waals surface area contributed by atoms with E-state index in [2.05, 4.69) is 10.3 Å². The molecule has 1 atom stereocenters. The Labute approximate surface area is 121 Å². The van der Waals surface area contributed by atoms with Gasteiger partial charge in [0, 0.05) is 25.5 Å². The number of halogens is 1. The van der Waals surface area contributed by atoms with Gasteiger partial charge in [-0.2, -0.15) is 0 Å². The maximum atomic E-state index is 12.4. The van der Waals surface area contributed by atoms with Gasteiger partial charge in [0.2, 0.25) is 5.91 Å². The number of nitrogens with one attached hydrogen (secondary N) is 1. The lowest BCUT2D eigenvalue weighted by Crippen LogP contribution is -2.48. The smallest absolute Gasteiger partial charge is 0.239 e. The predicted octanol–water partition coefficient (Wildman–Crippen LogP) is 1.99. The highest BCUT2D eigenvalue weighted by atomic mass is 35.5. The zero-order chi connectivity index (χ0) is 12.8. The molecule has 2 heterocycles. The number of aromatic nitrogens is 1. The SMILES string of the molecule is CCN(Cc1ccncc1)C(=O)[C@H]1CCCCN1.Cl. The Kier molecular flexibility index (Phi) is 6.81. The lowest BCUT2D eigenvalue weighted by molar-refractivity contribution is -0.134. The summed E-state index contributed by atoms with van der Waals surface area (Å²) in [4.78, 5) is 18.3. The molecule has 1 aromatic heterocycles. The van der Waals surface area contributed by atoms with Gasteiger partial charge in [0.25, 0.3) is 0 Å². The molecule has 1 aliphatic heterocycles. The van der Waals surface area contributed by atoms with E-state index >= 15 is 0 Å². The highest BCUT2D eigenvalue weighted by Crippen LogP contribution is 2.12. The van der Waals surface area contributed by atoms with Crippen LogP contribution in [0.2, 0.25) is 0 Å². The van der Waals surface area contributed by atoms with Crippen LogP contribution < -0.4 is 5.32 Å². The number of pyridine rings is 1. The zero-order valence-corrected chi connectivity index (χ0v) is 12.2. The molecule has 0 aromatic carbocycles. The molecule has 1 saturated heterocycles. The molecule has 4 nitrogen and oxygen atoms in total. The Morgan fingerprint density at radius 2 is 2.16 bits per heavy atom. The summed E-state index contributed by atoms with van der Waals surface area (Å²) >= 11 is 0. The first-order chi connectivity index (χ1) is 8.81. The van der Waals surface area contributed by atoms with E-state index < -0.39 is 0 Å². The van der Waals surface area contributed by atoms with Gasteiger partial charge in [-0.05, 0) is 44.0 Å². The van der Waals surface area contributed by atoms with E-state index in [1.54, 1.807) is 12.4 Å². The molecule has 2 rings (SSSR count). The summed E-state index contributed by atoms with van der Waals surface area (Å²) in [6.45, 7) is 4.42. The Balaban J connectivity index is 0.00000180. The van der Waals surface area contributed by atoms with Crippen molar-refractivity contribution in [3.63, 3.8) is 0 Å². The van der Waals surface area contributed by atoms with Gasteiger partial charge in [0.1, 0.15) is 0 Å². The van der Waals surface area contributed by atoms with Crippen LogP contribution in [0.3, 0.4) is 0 Å². The molecule has 0 spiro atoms. The van der Waals surface area contributed by atoms with Gasteiger partial charge in [0.15, 0.2) is 0 Å². The number of carbonyl (C=O) groups is 1. The summed E-state index contributed by atoms with van der Waals surface area (Å²) in [7, 11) is 0. The largest absolute Gasteiger partial charge is 0.337 e. The fourth-order valence-electron chi connectivity index (χ4n) is 2.34. The van der Waals surface area contributed by atoms with Crippen molar-refractivity contribution in [3.05, 3.63) is 30.1 Å². The molecule has 0 radical (unpaired) electrons. The number of likely N-dealkylation sites (N-methyl/N-ethyl adjacent to an activating group) is 1. The van der Waals surface area contributed by atoms with Gasteiger partial charge in [0.05, 0.1) is 6.04 Å². The molecule has 0 unspecified atom stereocenters. The summed E-state index contributed by atoms with van der Waals surface area (Å²) in [5, 5.41) is 3.32. The molecule has 0 aliphatic carbocycles. The van der Waals surface area contributed by atoms with Crippen LogP contribution >= 0.6 is 12.4 Å². The number of hydrogen-bond donors (Lipinski definition) is 1. The molecule has 5 heteroatoms. The molecule has 1 aliphatic rings. The molecule has 0 bridgehead atoms. The molecule has 1 N–H and O–H groups in total. The van der Waals surface area contributed by atoms with E-state index in [-0.39, 0.29) is 24.4 Å². The Hall–Kier alpha value is -1.13. The second-order valence-corrected chi connectivity index (χ2v) is 4.71. The van der Waals surface area contributed by atoms with Crippen molar-refractivity contribution in [1.29, 1.82) is 0 Å². The second kappa shape index (κ2) is 8.12. The summed E-state index contributed by atoms with van der Waals surface area (Å²) in [5.74, 6) is 0.231. The van der Waals surface area contributed by atoms with E-state index in [1.165, 1.54) is 6.42 Å². The molecular formula is C14H22ClN3O. The minimum atomic E-state index is 0. The van der Waals surface area contributed by atoms with Crippen LogP contribution in [0.25, 0.3) is 0 Å². The van der Waals surface area contributed by atoms with Crippen LogP contribution in [-0.2, 0) is 11.3 Å². The molecule has 106 valence electrons. The Morgan fingerprint density at radius 1 is 1.42 bits per heavy atom. The van der Waals surface area contributed by atoms with E-state index in [9.17, 15) is 4.79 Å². The summed E-state index contributed by atoms with van der Waals surface area (Å²) < 4.78 is 0. The maximum absolute atomic E-state index is 12.4. The normalized spacial score (nSPS) is 18.5. The topological polar surface area (TPSA) is 45.2 Å². The van der Waals surface area contributed by atoms with Crippen molar-refractivity contribution in [3.8, 4) is 0 Å². The lowest BCUT2D eigenvalue weighted by Gasteiger charge is -2.29. The third-order valence-corrected chi connectivity index (χ3v) is 3.42. The Bertz CT molecular complexity index is 380. The molecular weight excluding hydrogens is 262 g/mol.